The van der Waals surface area contributed by atoms with Crippen molar-refractivity contribution >= 4 is 23.2 Å². The Labute approximate surface area is 166 Å². The van der Waals surface area contributed by atoms with E-state index in [9.17, 15) is 9.59 Å². The third-order valence-electron chi connectivity index (χ3n) is 4.75. The fraction of sp³-hybridized carbons (Fsp3) is 0.391. The molecule has 1 N–H and O–H groups in total. The molecule has 1 aliphatic rings. The summed E-state index contributed by atoms with van der Waals surface area (Å²) in [7, 11) is 0. The molecule has 2 aromatic rings. The molecule has 0 unspecified atom stereocenters. The fourth-order valence-corrected chi connectivity index (χ4v) is 3.26. The summed E-state index contributed by atoms with van der Waals surface area (Å²) in [6.45, 7) is 10.8. The zero-order chi connectivity index (χ0) is 20.5. The number of benzene rings is 2. The summed E-state index contributed by atoms with van der Waals surface area (Å²) in [5.41, 5.74) is 2.41. The molecule has 3 rings (SSSR count). The number of carbonyl (C=O) groups is 2. The summed E-state index contributed by atoms with van der Waals surface area (Å²) in [5.74, 6) is 0.817. The Hall–Kier alpha value is -2.82. The maximum absolute atomic E-state index is 13.0. The first kappa shape index (κ1) is 19.9. The van der Waals surface area contributed by atoms with Crippen LogP contribution in [0, 0.1) is 18.3 Å². The van der Waals surface area contributed by atoms with Gasteiger partial charge in [-0.05, 0) is 51.0 Å². The normalized spacial score (nSPS) is 15.6. The van der Waals surface area contributed by atoms with E-state index in [1.165, 1.54) is 0 Å². The lowest BCUT2D eigenvalue weighted by Gasteiger charge is -2.29. The van der Waals surface area contributed by atoms with Crippen LogP contribution >= 0.6 is 0 Å². The van der Waals surface area contributed by atoms with Gasteiger partial charge in [-0.25, -0.2) is 0 Å². The van der Waals surface area contributed by atoms with Crippen LogP contribution in [0.15, 0.2) is 42.5 Å². The largest absolute Gasteiger partial charge is 0.490 e. The number of hydrogen-bond donors (Lipinski definition) is 1. The van der Waals surface area contributed by atoms with Crippen molar-refractivity contribution in [2.75, 3.05) is 23.4 Å². The second-order valence-corrected chi connectivity index (χ2v) is 8.49. The molecule has 2 aromatic carbocycles. The SMILES string of the molecule is Cc1cccc(C(=O)Nc2ccc3c(c2)OCC(C)(C)C(=O)N3CC(C)C)c1. The van der Waals surface area contributed by atoms with Crippen LogP contribution in [0.25, 0.3) is 0 Å². The van der Waals surface area contributed by atoms with E-state index in [0.29, 0.717) is 36.1 Å². The van der Waals surface area contributed by atoms with E-state index in [0.717, 1.165) is 11.3 Å². The molecule has 0 aromatic heterocycles. The molecule has 0 bridgehead atoms. The van der Waals surface area contributed by atoms with E-state index in [4.69, 9.17) is 4.74 Å². The highest BCUT2D eigenvalue weighted by molar-refractivity contribution is 6.05. The third kappa shape index (κ3) is 4.19. The van der Waals surface area contributed by atoms with Crippen molar-refractivity contribution in [3.05, 3.63) is 53.6 Å². The molecule has 0 fully saturated rings. The Kier molecular flexibility index (Phi) is 5.45. The second kappa shape index (κ2) is 7.66. The molecule has 5 heteroatoms. The van der Waals surface area contributed by atoms with Gasteiger partial charge in [0.25, 0.3) is 5.91 Å². The van der Waals surface area contributed by atoms with Crippen LogP contribution in [-0.4, -0.2) is 25.0 Å². The van der Waals surface area contributed by atoms with Crippen LogP contribution in [0.5, 0.6) is 5.75 Å². The zero-order valence-corrected chi connectivity index (χ0v) is 17.2. The zero-order valence-electron chi connectivity index (χ0n) is 17.2. The summed E-state index contributed by atoms with van der Waals surface area (Å²) in [6, 6.07) is 12.9. The lowest BCUT2D eigenvalue weighted by atomic mass is 9.92. The summed E-state index contributed by atoms with van der Waals surface area (Å²) in [5, 5.41) is 2.92. The highest BCUT2D eigenvalue weighted by Crippen LogP contribution is 2.38. The number of carbonyl (C=O) groups excluding carboxylic acids is 2. The number of fused-ring (bicyclic) bond motifs is 1. The first-order valence-corrected chi connectivity index (χ1v) is 9.64. The number of aryl methyl sites for hydroxylation is 1. The van der Waals surface area contributed by atoms with Gasteiger partial charge in [0.2, 0.25) is 5.91 Å². The van der Waals surface area contributed by atoms with Crippen LogP contribution in [0.2, 0.25) is 0 Å². The second-order valence-electron chi connectivity index (χ2n) is 8.49. The standard InChI is InChI=1S/C23H28N2O3/c1-15(2)13-25-19-10-9-18(12-20(19)28-14-23(4,5)22(25)27)24-21(26)17-8-6-7-16(3)11-17/h6-12,15H,13-14H2,1-5H3,(H,24,26). The quantitative estimate of drug-likeness (QED) is 0.840. The molecular formula is C23H28N2O3. The van der Waals surface area contributed by atoms with Gasteiger partial charge in [-0.3, -0.25) is 9.59 Å². The van der Waals surface area contributed by atoms with Crippen molar-refractivity contribution in [3.63, 3.8) is 0 Å². The summed E-state index contributed by atoms with van der Waals surface area (Å²) in [4.78, 5) is 27.4. The van der Waals surface area contributed by atoms with E-state index in [1.54, 1.807) is 17.0 Å². The van der Waals surface area contributed by atoms with Gasteiger partial charge in [-0.2, -0.15) is 0 Å². The van der Waals surface area contributed by atoms with Crippen molar-refractivity contribution < 1.29 is 14.3 Å². The number of hydrogen-bond acceptors (Lipinski definition) is 3. The molecule has 0 aliphatic carbocycles. The average Bonchev–Trinajstić information content (AvgIpc) is 2.72. The summed E-state index contributed by atoms with van der Waals surface area (Å²) >= 11 is 0. The minimum absolute atomic E-state index is 0.0523. The number of rotatable bonds is 4. The molecule has 28 heavy (non-hydrogen) atoms. The van der Waals surface area contributed by atoms with Crippen molar-refractivity contribution in [3.8, 4) is 5.75 Å². The predicted octanol–water partition coefficient (Wildman–Crippen LogP) is 4.65. The highest BCUT2D eigenvalue weighted by atomic mass is 16.5. The number of anilines is 2. The van der Waals surface area contributed by atoms with Gasteiger partial charge in [-0.1, -0.05) is 31.5 Å². The molecule has 0 atom stereocenters. The Bertz CT molecular complexity index is 902. The molecule has 1 heterocycles. The minimum Gasteiger partial charge on any atom is -0.490 e. The van der Waals surface area contributed by atoms with Crippen molar-refractivity contribution in [2.45, 2.75) is 34.6 Å². The third-order valence-corrected chi connectivity index (χ3v) is 4.75. The van der Waals surface area contributed by atoms with Crippen molar-refractivity contribution in [2.24, 2.45) is 11.3 Å². The van der Waals surface area contributed by atoms with E-state index < -0.39 is 5.41 Å². The van der Waals surface area contributed by atoms with Crippen molar-refractivity contribution in [1.29, 1.82) is 0 Å². The molecule has 0 radical (unpaired) electrons. The molecule has 0 spiro atoms. The van der Waals surface area contributed by atoms with Gasteiger partial charge in [0.05, 0.1) is 11.1 Å². The summed E-state index contributed by atoms with van der Waals surface area (Å²) in [6.07, 6.45) is 0. The Morgan fingerprint density at radius 2 is 1.96 bits per heavy atom. The van der Waals surface area contributed by atoms with Crippen LogP contribution in [-0.2, 0) is 4.79 Å². The van der Waals surface area contributed by atoms with Crippen LogP contribution < -0.4 is 15.0 Å². The minimum atomic E-state index is -0.612. The molecule has 0 saturated carbocycles. The van der Waals surface area contributed by atoms with Gasteiger partial charge >= 0.3 is 0 Å². The molecule has 0 saturated heterocycles. The van der Waals surface area contributed by atoms with Crippen LogP contribution in [0.4, 0.5) is 11.4 Å². The van der Waals surface area contributed by atoms with Crippen molar-refractivity contribution in [1.82, 2.24) is 0 Å². The topological polar surface area (TPSA) is 58.6 Å². The van der Waals surface area contributed by atoms with E-state index in [2.05, 4.69) is 19.2 Å². The lowest BCUT2D eigenvalue weighted by molar-refractivity contribution is -0.127. The van der Waals surface area contributed by atoms with Gasteiger partial charge in [0.1, 0.15) is 12.4 Å². The summed E-state index contributed by atoms with van der Waals surface area (Å²) < 4.78 is 5.98. The van der Waals surface area contributed by atoms with E-state index in [-0.39, 0.29) is 11.8 Å². The lowest BCUT2D eigenvalue weighted by Crippen LogP contribution is -2.43. The number of nitrogens with one attached hydrogen (secondary N) is 1. The first-order chi connectivity index (χ1) is 13.2. The van der Waals surface area contributed by atoms with E-state index in [1.807, 2.05) is 51.1 Å². The average molecular weight is 380 g/mol. The van der Waals surface area contributed by atoms with Crippen LogP contribution in [0.3, 0.4) is 0 Å². The number of nitrogens with zero attached hydrogens (tertiary/aromatic N) is 1. The van der Waals surface area contributed by atoms with Gasteiger partial charge in [0.15, 0.2) is 0 Å². The molecule has 1 aliphatic heterocycles. The Morgan fingerprint density at radius 1 is 1.21 bits per heavy atom. The Morgan fingerprint density at radius 3 is 2.64 bits per heavy atom. The number of amides is 2. The Balaban J connectivity index is 1.90. The molecule has 2 amide bonds. The van der Waals surface area contributed by atoms with E-state index >= 15 is 0 Å². The van der Waals surface area contributed by atoms with Gasteiger partial charge in [0, 0.05) is 23.9 Å². The maximum Gasteiger partial charge on any atom is 0.255 e. The first-order valence-electron chi connectivity index (χ1n) is 9.64. The molecule has 5 nitrogen and oxygen atoms in total. The maximum atomic E-state index is 13.0. The monoisotopic (exact) mass is 380 g/mol. The molecule has 148 valence electrons. The number of ether oxygens (including phenoxy) is 1. The molecular weight excluding hydrogens is 352 g/mol. The smallest absolute Gasteiger partial charge is 0.255 e. The van der Waals surface area contributed by atoms with Gasteiger partial charge in [-0.15, -0.1) is 0 Å². The van der Waals surface area contributed by atoms with Gasteiger partial charge < -0.3 is 15.0 Å². The van der Waals surface area contributed by atoms with Crippen LogP contribution in [0.1, 0.15) is 43.6 Å². The highest BCUT2D eigenvalue weighted by Gasteiger charge is 2.38. The fourth-order valence-electron chi connectivity index (χ4n) is 3.26. The predicted molar refractivity (Wildman–Crippen MR) is 112 cm³/mol.